The molecule has 1 atom stereocenters. The van der Waals surface area contributed by atoms with Crippen molar-refractivity contribution in [3.05, 3.63) is 52.8 Å². The van der Waals surface area contributed by atoms with Gasteiger partial charge in [-0.1, -0.05) is 0 Å². The van der Waals surface area contributed by atoms with E-state index in [1.54, 1.807) is 6.07 Å². The molecular weight excluding hydrogens is 374 g/mol. The van der Waals surface area contributed by atoms with Crippen LogP contribution in [-0.4, -0.2) is 14.2 Å². The van der Waals surface area contributed by atoms with Gasteiger partial charge in [0.25, 0.3) is 0 Å². The van der Waals surface area contributed by atoms with Crippen LogP contribution in [0.2, 0.25) is 0 Å². The third kappa shape index (κ3) is 3.12. The standard InChI is InChI=1S/C17H11F4NO3S/c18-10-5-9(8-22)6-11(7-10)25-14-3-4-15(26(23,24)17(20)21)16-12(14)1-2-13(16)19/h3-7,13,17H,1-2H2. The minimum atomic E-state index is -4.97. The highest BCUT2D eigenvalue weighted by molar-refractivity contribution is 7.91. The predicted molar refractivity (Wildman–Crippen MR) is 83.0 cm³/mol. The Kier molecular flexibility index (Phi) is 4.63. The van der Waals surface area contributed by atoms with Gasteiger partial charge in [0.05, 0.1) is 16.5 Å². The van der Waals surface area contributed by atoms with Crippen LogP contribution in [0, 0.1) is 17.1 Å². The average Bonchev–Trinajstić information content (AvgIpc) is 2.96. The van der Waals surface area contributed by atoms with E-state index in [0.717, 1.165) is 24.3 Å². The molecule has 0 heterocycles. The van der Waals surface area contributed by atoms with E-state index in [4.69, 9.17) is 10.00 Å². The van der Waals surface area contributed by atoms with Crippen LogP contribution in [0.25, 0.3) is 0 Å². The van der Waals surface area contributed by atoms with E-state index < -0.39 is 32.5 Å². The van der Waals surface area contributed by atoms with Crippen LogP contribution in [0.4, 0.5) is 17.6 Å². The maximum Gasteiger partial charge on any atom is 0.341 e. The van der Waals surface area contributed by atoms with Gasteiger partial charge in [0.1, 0.15) is 23.5 Å². The number of nitrogens with zero attached hydrogens (tertiary/aromatic N) is 1. The third-order valence-electron chi connectivity index (χ3n) is 4.00. The molecule has 1 unspecified atom stereocenters. The molecule has 1 aliphatic rings. The first-order valence-electron chi connectivity index (χ1n) is 7.44. The van der Waals surface area contributed by atoms with Crippen molar-refractivity contribution in [1.29, 1.82) is 5.26 Å². The number of halogens is 4. The van der Waals surface area contributed by atoms with Crippen molar-refractivity contribution in [2.45, 2.75) is 29.7 Å². The molecule has 2 aromatic rings. The fraction of sp³-hybridized carbons (Fsp3) is 0.235. The Hall–Kier alpha value is -2.60. The molecule has 0 saturated carbocycles. The second-order valence-electron chi connectivity index (χ2n) is 5.66. The highest BCUT2D eigenvalue weighted by Crippen LogP contribution is 2.45. The van der Waals surface area contributed by atoms with Crippen LogP contribution in [0.3, 0.4) is 0 Å². The number of rotatable bonds is 4. The molecule has 0 radical (unpaired) electrons. The lowest BCUT2D eigenvalue weighted by molar-refractivity contribution is 0.234. The molecule has 2 aromatic carbocycles. The van der Waals surface area contributed by atoms with Crippen molar-refractivity contribution in [3.63, 3.8) is 0 Å². The minimum Gasteiger partial charge on any atom is -0.457 e. The largest absolute Gasteiger partial charge is 0.457 e. The minimum absolute atomic E-state index is 0.00286. The number of alkyl halides is 3. The quantitative estimate of drug-likeness (QED) is 0.730. The van der Waals surface area contributed by atoms with Gasteiger partial charge in [-0.2, -0.15) is 14.0 Å². The number of ether oxygens (including phenoxy) is 1. The fourth-order valence-corrected chi connectivity index (χ4v) is 3.90. The molecule has 9 heteroatoms. The number of sulfone groups is 1. The highest BCUT2D eigenvalue weighted by atomic mass is 32.2. The van der Waals surface area contributed by atoms with E-state index >= 15 is 0 Å². The summed E-state index contributed by atoms with van der Waals surface area (Å²) in [6.45, 7) is 0. The zero-order valence-electron chi connectivity index (χ0n) is 13.0. The van der Waals surface area contributed by atoms with E-state index in [0.29, 0.717) is 0 Å². The maximum atomic E-state index is 14.2. The summed E-state index contributed by atoms with van der Waals surface area (Å²) < 4.78 is 82.5. The number of hydrogen-bond acceptors (Lipinski definition) is 4. The van der Waals surface area contributed by atoms with Gasteiger partial charge >= 0.3 is 5.76 Å². The first kappa shape index (κ1) is 18.2. The Labute approximate surface area is 146 Å². The van der Waals surface area contributed by atoms with Crippen LogP contribution in [0.5, 0.6) is 11.5 Å². The van der Waals surface area contributed by atoms with E-state index in [-0.39, 0.29) is 41.0 Å². The number of fused-ring (bicyclic) bond motifs is 1. The van der Waals surface area contributed by atoms with Gasteiger partial charge in [-0.05, 0) is 37.1 Å². The van der Waals surface area contributed by atoms with Crippen LogP contribution in [0.1, 0.15) is 29.3 Å². The Morgan fingerprint density at radius 3 is 2.62 bits per heavy atom. The molecule has 0 amide bonds. The average molecular weight is 385 g/mol. The second-order valence-corrected chi connectivity index (χ2v) is 7.54. The molecule has 0 aliphatic heterocycles. The van der Waals surface area contributed by atoms with Crippen molar-refractivity contribution in [2.75, 3.05) is 0 Å². The van der Waals surface area contributed by atoms with Gasteiger partial charge in [0, 0.05) is 17.2 Å². The molecule has 3 rings (SSSR count). The summed E-state index contributed by atoms with van der Waals surface area (Å²) >= 11 is 0. The summed E-state index contributed by atoms with van der Waals surface area (Å²) in [5, 5.41) is 8.86. The Bertz CT molecular complexity index is 1020. The third-order valence-corrected chi connectivity index (χ3v) is 5.44. The monoisotopic (exact) mass is 385 g/mol. The number of nitriles is 1. The van der Waals surface area contributed by atoms with E-state index in [1.807, 2.05) is 0 Å². The van der Waals surface area contributed by atoms with E-state index in [9.17, 15) is 26.0 Å². The molecule has 0 aromatic heterocycles. The normalized spacial score (nSPS) is 16.4. The summed E-state index contributed by atoms with van der Waals surface area (Å²) in [5.41, 5.74) is -0.210. The van der Waals surface area contributed by atoms with E-state index in [1.165, 1.54) is 6.07 Å². The van der Waals surface area contributed by atoms with Gasteiger partial charge in [0.15, 0.2) is 0 Å². The first-order valence-corrected chi connectivity index (χ1v) is 8.99. The van der Waals surface area contributed by atoms with Crippen molar-refractivity contribution in [1.82, 2.24) is 0 Å². The summed E-state index contributed by atoms with van der Waals surface area (Å²) in [6, 6.07) is 6.98. The summed E-state index contributed by atoms with van der Waals surface area (Å²) in [4.78, 5) is -0.767. The molecule has 0 spiro atoms. The summed E-state index contributed by atoms with van der Waals surface area (Å²) in [5.74, 6) is -4.41. The van der Waals surface area contributed by atoms with E-state index in [2.05, 4.69) is 0 Å². The molecule has 0 fully saturated rings. The number of hydrogen-bond donors (Lipinski definition) is 0. The Morgan fingerprint density at radius 2 is 1.96 bits per heavy atom. The summed E-state index contributed by atoms with van der Waals surface area (Å²) in [6.07, 6.45) is -1.72. The predicted octanol–water partition coefficient (Wildman–Crippen LogP) is 4.44. The molecule has 0 bridgehead atoms. The molecule has 1 aliphatic carbocycles. The van der Waals surface area contributed by atoms with Gasteiger partial charge in [0.2, 0.25) is 9.84 Å². The van der Waals surface area contributed by atoms with Gasteiger partial charge in [-0.3, -0.25) is 0 Å². The molecule has 26 heavy (non-hydrogen) atoms. The maximum absolute atomic E-state index is 14.2. The lowest BCUT2D eigenvalue weighted by Gasteiger charge is -2.15. The second kappa shape index (κ2) is 6.61. The molecule has 0 saturated heterocycles. The van der Waals surface area contributed by atoms with Gasteiger partial charge in [-0.15, -0.1) is 0 Å². The van der Waals surface area contributed by atoms with Crippen molar-refractivity contribution >= 4 is 9.84 Å². The molecular formula is C17H11F4NO3S. The van der Waals surface area contributed by atoms with Gasteiger partial charge in [-0.25, -0.2) is 17.2 Å². The number of benzene rings is 2. The first-order chi connectivity index (χ1) is 12.2. The van der Waals surface area contributed by atoms with Crippen molar-refractivity contribution in [2.24, 2.45) is 0 Å². The molecule has 0 N–H and O–H groups in total. The fourth-order valence-electron chi connectivity index (χ4n) is 2.89. The van der Waals surface area contributed by atoms with Crippen molar-refractivity contribution in [3.8, 4) is 17.6 Å². The topological polar surface area (TPSA) is 67.2 Å². The SMILES string of the molecule is N#Cc1cc(F)cc(Oc2ccc(S(=O)(=O)C(F)F)c3c2CCC3F)c1. The van der Waals surface area contributed by atoms with Crippen LogP contribution in [-0.2, 0) is 16.3 Å². The van der Waals surface area contributed by atoms with Crippen LogP contribution >= 0.6 is 0 Å². The van der Waals surface area contributed by atoms with Crippen LogP contribution in [0.15, 0.2) is 35.2 Å². The Balaban J connectivity index is 2.09. The molecule has 136 valence electrons. The zero-order valence-corrected chi connectivity index (χ0v) is 13.9. The zero-order chi connectivity index (χ0) is 19.1. The Morgan fingerprint density at radius 1 is 1.23 bits per heavy atom. The lowest BCUT2D eigenvalue weighted by Crippen LogP contribution is -2.14. The molecule has 4 nitrogen and oxygen atoms in total. The van der Waals surface area contributed by atoms with Crippen molar-refractivity contribution < 1.29 is 30.7 Å². The van der Waals surface area contributed by atoms with Gasteiger partial charge < -0.3 is 4.74 Å². The summed E-state index contributed by atoms with van der Waals surface area (Å²) in [7, 11) is -4.97. The van der Waals surface area contributed by atoms with Crippen LogP contribution < -0.4 is 4.74 Å². The highest BCUT2D eigenvalue weighted by Gasteiger charge is 2.37. The smallest absolute Gasteiger partial charge is 0.341 e. The lowest BCUT2D eigenvalue weighted by atomic mass is 10.1.